The van der Waals surface area contributed by atoms with Crippen molar-refractivity contribution < 1.29 is 4.74 Å². The molecule has 1 unspecified atom stereocenters. The molecule has 2 heterocycles. The minimum Gasteiger partial charge on any atom is -0.488 e. The summed E-state index contributed by atoms with van der Waals surface area (Å²) in [4.78, 5) is 2.51. The minimum atomic E-state index is 0.319. The highest BCUT2D eigenvalue weighted by Gasteiger charge is 2.26. The number of nitrogens with zero attached hydrogens (tertiary/aromatic N) is 1. The Morgan fingerprint density at radius 2 is 2.39 bits per heavy atom. The van der Waals surface area contributed by atoms with Gasteiger partial charge in [-0.25, -0.2) is 0 Å². The molecule has 0 aliphatic carbocycles. The molecule has 1 aromatic carbocycles. The molecule has 2 aliphatic heterocycles. The van der Waals surface area contributed by atoms with Gasteiger partial charge in [0.25, 0.3) is 0 Å². The van der Waals surface area contributed by atoms with Gasteiger partial charge in [0.05, 0.1) is 0 Å². The van der Waals surface area contributed by atoms with E-state index in [1.807, 2.05) is 6.07 Å². The first-order chi connectivity index (χ1) is 8.70. The Morgan fingerprint density at radius 3 is 3.22 bits per heavy atom. The summed E-state index contributed by atoms with van der Waals surface area (Å²) in [6, 6.07) is 6.89. The standard InChI is InChI=1S/C14H19BrN2O/c1-10-8-17(5-4-16-10)9-13-7-11-6-12(15)2-3-14(11)18-13/h2-3,6,10,13,16H,4-5,7-9H2,1H3/t10-,13?/m1/s1. The molecule has 2 aliphatic rings. The number of hydrogen-bond acceptors (Lipinski definition) is 3. The van der Waals surface area contributed by atoms with Crippen molar-refractivity contribution in [3.63, 3.8) is 0 Å². The number of piperazine rings is 1. The van der Waals surface area contributed by atoms with Gasteiger partial charge in [-0.1, -0.05) is 15.9 Å². The predicted octanol–water partition coefficient (Wildman–Crippen LogP) is 2.05. The number of ether oxygens (including phenoxy) is 1. The molecule has 1 N–H and O–H groups in total. The maximum absolute atomic E-state index is 6.02. The topological polar surface area (TPSA) is 24.5 Å². The normalized spacial score (nSPS) is 27.9. The summed E-state index contributed by atoms with van der Waals surface area (Å²) in [7, 11) is 0. The van der Waals surface area contributed by atoms with Crippen LogP contribution in [0.25, 0.3) is 0 Å². The summed E-state index contributed by atoms with van der Waals surface area (Å²) in [5.41, 5.74) is 1.33. The largest absolute Gasteiger partial charge is 0.488 e. The van der Waals surface area contributed by atoms with Crippen LogP contribution >= 0.6 is 15.9 Å². The van der Waals surface area contributed by atoms with E-state index in [1.165, 1.54) is 5.56 Å². The first-order valence-electron chi connectivity index (χ1n) is 6.61. The van der Waals surface area contributed by atoms with Gasteiger partial charge >= 0.3 is 0 Å². The van der Waals surface area contributed by atoms with Crippen molar-refractivity contribution in [2.45, 2.75) is 25.5 Å². The second kappa shape index (κ2) is 5.19. The molecule has 0 saturated carbocycles. The van der Waals surface area contributed by atoms with Crippen molar-refractivity contribution in [3.05, 3.63) is 28.2 Å². The van der Waals surface area contributed by atoms with Crippen LogP contribution in [0.5, 0.6) is 5.75 Å². The number of halogens is 1. The van der Waals surface area contributed by atoms with Crippen LogP contribution in [0.4, 0.5) is 0 Å². The van der Waals surface area contributed by atoms with E-state index in [-0.39, 0.29) is 0 Å². The SMILES string of the molecule is C[C@@H]1CN(CC2Cc3cc(Br)ccc3O2)CCN1. The summed E-state index contributed by atoms with van der Waals surface area (Å²) in [5.74, 6) is 1.06. The predicted molar refractivity (Wildman–Crippen MR) is 76.2 cm³/mol. The van der Waals surface area contributed by atoms with Crippen LogP contribution in [0.15, 0.2) is 22.7 Å². The fraction of sp³-hybridized carbons (Fsp3) is 0.571. The van der Waals surface area contributed by atoms with Gasteiger partial charge in [-0.2, -0.15) is 0 Å². The van der Waals surface area contributed by atoms with Crippen LogP contribution in [0.1, 0.15) is 12.5 Å². The molecule has 0 radical (unpaired) electrons. The van der Waals surface area contributed by atoms with E-state index >= 15 is 0 Å². The molecule has 0 amide bonds. The van der Waals surface area contributed by atoms with Gasteiger partial charge in [0.1, 0.15) is 11.9 Å². The summed E-state index contributed by atoms with van der Waals surface area (Å²) < 4.78 is 7.16. The molecule has 18 heavy (non-hydrogen) atoms. The maximum atomic E-state index is 6.02. The third-order valence-electron chi connectivity index (χ3n) is 3.68. The molecule has 4 heteroatoms. The van der Waals surface area contributed by atoms with Gasteiger partial charge in [-0.05, 0) is 30.7 Å². The lowest BCUT2D eigenvalue weighted by molar-refractivity contribution is 0.126. The first-order valence-corrected chi connectivity index (χ1v) is 7.41. The molecule has 0 bridgehead atoms. The summed E-state index contributed by atoms with van der Waals surface area (Å²) >= 11 is 3.52. The minimum absolute atomic E-state index is 0.319. The Hall–Kier alpha value is -0.580. The molecule has 0 spiro atoms. The lowest BCUT2D eigenvalue weighted by Gasteiger charge is -2.33. The molecule has 1 aromatic rings. The third kappa shape index (κ3) is 2.71. The summed E-state index contributed by atoms with van der Waals surface area (Å²) in [5, 5.41) is 3.47. The van der Waals surface area contributed by atoms with Crippen LogP contribution in [0.2, 0.25) is 0 Å². The van der Waals surface area contributed by atoms with Crippen molar-refractivity contribution in [2.75, 3.05) is 26.2 Å². The summed E-state index contributed by atoms with van der Waals surface area (Å²) in [6.07, 6.45) is 1.35. The number of hydrogen-bond donors (Lipinski definition) is 1. The van der Waals surface area contributed by atoms with Gasteiger partial charge in [-0.3, -0.25) is 4.90 Å². The second-order valence-electron chi connectivity index (χ2n) is 5.31. The lowest BCUT2D eigenvalue weighted by atomic mass is 10.1. The first kappa shape index (κ1) is 12.5. The van der Waals surface area contributed by atoms with Crippen molar-refractivity contribution in [1.29, 1.82) is 0 Å². The highest BCUT2D eigenvalue weighted by molar-refractivity contribution is 9.10. The van der Waals surface area contributed by atoms with Crippen LogP contribution in [0.3, 0.4) is 0 Å². The van der Waals surface area contributed by atoms with E-state index < -0.39 is 0 Å². The smallest absolute Gasteiger partial charge is 0.123 e. The zero-order chi connectivity index (χ0) is 12.5. The Balaban J connectivity index is 1.60. The zero-order valence-corrected chi connectivity index (χ0v) is 12.2. The third-order valence-corrected chi connectivity index (χ3v) is 4.17. The molecule has 3 rings (SSSR count). The Labute approximate surface area is 117 Å². The van der Waals surface area contributed by atoms with E-state index in [1.54, 1.807) is 0 Å². The molecule has 1 fully saturated rings. The van der Waals surface area contributed by atoms with Crippen molar-refractivity contribution >= 4 is 15.9 Å². The van der Waals surface area contributed by atoms with E-state index in [9.17, 15) is 0 Å². The van der Waals surface area contributed by atoms with Gasteiger partial charge < -0.3 is 10.1 Å². The highest BCUT2D eigenvalue weighted by atomic mass is 79.9. The van der Waals surface area contributed by atoms with Crippen LogP contribution in [0, 0.1) is 0 Å². The molecular formula is C14H19BrN2O. The summed E-state index contributed by atoms with van der Waals surface area (Å²) in [6.45, 7) is 6.63. The van der Waals surface area contributed by atoms with Crippen molar-refractivity contribution in [2.24, 2.45) is 0 Å². The molecule has 0 aromatic heterocycles. The lowest BCUT2D eigenvalue weighted by Crippen LogP contribution is -2.51. The van der Waals surface area contributed by atoms with Crippen molar-refractivity contribution in [3.8, 4) is 5.75 Å². The Morgan fingerprint density at radius 1 is 1.50 bits per heavy atom. The van der Waals surface area contributed by atoms with Crippen LogP contribution in [-0.2, 0) is 6.42 Å². The van der Waals surface area contributed by atoms with Gasteiger partial charge in [0, 0.05) is 43.1 Å². The zero-order valence-electron chi connectivity index (χ0n) is 10.7. The average Bonchev–Trinajstić information content (AvgIpc) is 2.70. The molecule has 2 atom stereocenters. The number of benzene rings is 1. The van der Waals surface area contributed by atoms with E-state index in [0.29, 0.717) is 12.1 Å². The molecule has 1 saturated heterocycles. The maximum Gasteiger partial charge on any atom is 0.123 e. The fourth-order valence-electron chi connectivity index (χ4n) is 2.86. The van der Waals surface area contributed by atoms with Gasteiger partial charge in [0.15, 0.2) is 0 Å². The van der Waals surface area contributed by atoms with E-state index in [2.05, 4.69) is 45.2 Å². The van der Waals surface area contributed by atoms with E-state index in [4.69, 9.17) is 4.74 Å². The number of fused-ring (bicyclic) bond motifs is 1. The van der Waals surface area contributed by atoms with Crippen LogP contribution < -0.4 is 10.1 Å². The number of nitrogens with one attached hydrogen (secondary N) is 1. The Bertz CT molecular complexity index is 438. The van der Waals surface area contributed by atoms with Crippen LogP contribution in [-0.4, -0.2) is 43.2 Å². The average molecular weight is 311 g/mol. The quantitative estimate of drug-likeness (QED) is 0.905. The molecule has 3 nitrogen and oxygen atoms in total. The highest BCUT2D eigenvalue weighted by Crippen LogP contribution is 2.31. The monoisotopic (exact) mass is 310 g/mol. The Kier molecular flexibility index (Phi) is 3.59. The van der Waals surface area contributed by atoms with Crippen molar-refractivity contribution in [1.82, 2.24) is 10.2 Å². The van der Waals surface area contributed by atoms with E-state index in [0.717, 1.165) is 42.8 Å². The fourth-order valence-corrected chi connectivity index (χ4v) is 3.27. The number of rotatable bonds is 2. The molecular weight excluding hydrogens is 292 g/mol. The van der Waals surface area contributed by atoms with Gasteiger partial charge in [-0.15, -0.1) is 0 Å². The second-order valence-corrected chi connectivity index (χ2v) is 6.23. The molecule has 98 valence electrons. The van der Waals surface area contributed by atoms with Gasteiger partial charge in [0.2, 0.25) is 0 Å².